The lowest BCUT2D eigenvalue weighted by atomic mass is 10.0. The number of halogens is 1. The van der Waals surface area contributed by atoms with E-state index in [2.05, 4.69) is 15.9 Å². The predicted octanol–water partition coefficient (Wildman–Crippen LogP) is 2.31. The summed E-state index contributed by atoms with van der Waals surface area (Å²) < 4.78 is 5.15. The zero-order chi connectivity index (χ0) is 13.7. The molecule has 0 bridgehead atoms. The van der Waals surface area contributed by atoms with Gasteiger partial charge in [0.05, 0.1) is 22.4 Å². The van der Waals surface area contributed by atoms with Gasteiger partial charge in [-0.1, -0.05) is 6.07 Å². The number of ether oxygens (including phenoxy) is 1. The molecule has 7 heteroatoms. The van der Waals surface area contributed by atoms with Crippen molar-refractivity contribution < 1.29 is 14.5 Å². The Morgan fingerprint density at radius 1 is 1.61 bits per heavy atom. The molecule has 1 rings (SSSR count). The maximum atomic E-state index is 11.3. The Bertz CT molecular complexity index is 464. The Labute approximate surface area is 112 Å². The van der Waals surface area contributed by atoms with Crippen LogP contribution >= 0.6 is 15.9 Å². The van der Waals surface area contributed by atoms with Crippen LogP contribution in [-0.2, 0) is 9.53 Å². The SMILES string of the molecule is CCOC(=O)C[C@@H](N)c1ccc(Br)c([N+](=O)[O-])c1. The van der Waals surface area contributed by atoms with Gasteiger partial charge in [0.15, 0.2) is 0 Å². The zero-order valence-corrected chi connectivity index (χ0v) is 11.3. The summed E-state index contributed by atoms with van der Waals surface area (Å²) in [7, 11) is 0. The van der Waals surface area contributed by atoms with E-state index in [4.69, 9.17) is 10.5 Å². The molecular weight excluding hydrogens is 304 g/mol. The Kier molecular flexibility index (Phi) is 5.24. The van der Waals surface area contributed by atoms with Gasteiger partial charge in [-0.2, -0.15) is 0 Å². The summed E-state index contributed by atoms with van der Waals surface area (Å²) in [6.07, 6.45) is -0.00731. The van der Waals surface area contributed by atoms with Crippen LogP contribution < -0.4 is 5.73 Å². The number of carbonyl (C=O) groups is 1. The van der Waals surface area contributed by atoms with Gasteiger partial charge >= 0.3 is 5.97 Å². The van der Waals surface area contributed by atoms with Crippen molar-refractivity contribution in [3.8, 4) is 0 Å². The van der Waals surface area contributed by atoms with Crippen molar-refractivity contribution in [1.29, 1.82) is 0 Å². The molecule has 0 heterocycles. The van der Waals surface area contributed by atoms with E-state index in [-0.39, 0.29) is 18.7 Å². The van der Waals surface area contributed by atoms with Gasteiger partial charge in [0, 0.05) is 12.1 Å². The zero-order valence-electron chi connectivity index (χ0n) is 9.76. The van der Waals surface area contributed by atoms with Crippen molar-refractivity contribution in [2.75, 3.05) is 6.61 Å². The van der Waals surface area contributed by atoms with Crippen LogP contribution in [0.15, 0.2) is 22.7 Å². The molecule has 0 spiro atoms. The van der Waals surface area contributed by atoms with Crippen molar-refractivity contribution in [2.45, 2.75) is 19.4 Å². The third-order valence-electron chi connectivity index (χ3n) is 2.29. The van der Waals surface area contributed by atoms with Gasteiger partial charge in [-0.3, -0.25) is 14.9 Å². The monoisotopic (exact) mass is 316 g/mol. The molecule has 0 fully saturated rings. The third-order valence-corrected chi connectivity index (χ3v) is 2.96. The van der Waals surface area contributed by atoms with E-state index in [0.29, 0.717) is 10.0 Å². The average molecular weight is 317 g/mol. The summed E-state index contributed by atoms with van der Waals surface area (Å²) in [5, 5.41) is 10.8. The average Bonchev–Trinajstić information content (AvgIpc) is 2.29. The first-order valence-electron chi connectivity index (χ1n) is 5.30. The number of hydrogen-bond acceptors (Lipinski definition) is 5. The van der Waals surface area contributed by atoms with Crippen molar-refractivity contribution >= 4 is 27.6 Å². The first-order chi connectivity index (χ1) is 8.45. The van der Waals surface area contributed by atoms with Crippen LogP contribution in [0.4, 0.5) is 5.69 Å². The summed E-state index contributed by atoms with van der Waals surface area (Å²) in [5.41, 5.74) is 6.26. The smallest absolute Gasteiger partial charge is 0.307 e. The highest BCUT2D eigenvalue weighted by molar-refractivity contribution is 9.10. The number of nitrogens with zero attached hydrogens (tertiary/aromatic N) is 1. The molecule has 0 saturated heterocycles. The number of nitro groups is 1. The largest absolute Gasteiger partial charge is 0.466 e. The fourth-order valence-electron chi connectivity index (χ4n) is 1.42. The van der Waals surface area contributed by atoms with Crippen molar-refractivity contribution in [3.63, 3.8) is 0 Å². The molecule has 18 heavy (non-hydrogen) atoms. The number of esters is 1. The minimum Gasteiger partial charge on any atom is -0.466 e. The van der Waals surface area contributed by atoms with Gasteiger partial charge in [-0.25, -0.2) is 0 Å². The Hall–Kier alpha value is -1.47. The molecule has 0 aliphatic rings. The lowest BCUT2D eigenvalue weighted by Gasteiger charge is -2.11. The van der Waals surface area contributed by atoms with Crippen LogP contribution in [0.25, 0.3) is 0 Å². The summed E-state index contributed by atoms with van der Waals surface area (Å²) >= 11 is 3.08. The molecule has 0 radical (unpaired) electrons. The van der Waals surface area contributed by atoms with Crippen LogP contribution in [0.3, 0.4) is 0 Å². The quantitative estimate of drug-likeness (QED) is 0.511. The van der Waals surface area contributed by atoms with Gasteiger partial charge in [-0.15, -0.1) is 0 Å². The van der Waals surface area contributed by atoms with Gasteiger partial charge in [0.1, 0.15) is 0 Å². The van der Waals surface area contributed by atoms with E-state index in [0.717, 1.165) is 0 Å². The molecule has 0 unspecified atom stereocenters. The molecule has 1 atom stereocenters. The summed E-state index contributed by atoms with van der Waals surface area (Å²) in [6.45, 7) is 1.99. The number of rotatable bonds is 5. The predicted molar refractivity (Wildman–Crippen MR) is 69.0 cm³/mol. The second-order valence-electron chi connectivity index (χ2n) is 3.58. The van der Waals surface area contributed by atoms with Gasteiger partial charge in [0.25, 0.3) is 5.69 Å². The number of carbonyl (C=O) groups excluding carboxylic acids is 1. The topological polar surface area (TPSA) is 95.5 Å². The fraction of sp³-hybridized carbons (Fsp3) is 0.364. The minimum atomic E-state index is -0.615. The summed E-state index contributed by atoms with van der Waals surface area (Å²) in [6, 6.07) is 3.92. The van der Waals surface area contributed by atoms with E-state index in [1.165, 1.54) is 6.07 Å². The highest BCUT2D eigenvalue weighted by atomic mass is 79.9. The lowest BCUT2D eigenvalue weighted by molar-refractivity contribution is -0.385. The fourth-order valence-corrected chi connectivity index (χ4v) is 1.81. The minimum absolute atomic E-state index is 0.00731. The van der Waals surface area contributed by atoms with Gasteiger partial charge < -0.3 is 10.5 Å². The van der Waals surface area contributed by atoms with E-state index in [1.54, 1.807) is 19.1 Å². The number of nitro benzene ring substituents is 1. The third kappa shape index (κ3) is 3.78. The van der Waals surface area contributed by atoms with E-state index in [9.17, 15) is 14.9 Å². The molecule has 1 aromatic rings. The highest BCUT2D eigenvalue weighted by Crippen LogP contribution is 2.28. The maximum Gasteiger partial charge on any atom is 0.307 e. The van der Waals surface area contributed by atoms with Crippen LogP contribution in [0.1, 0.15) is 24.9 Å². The Morgan fingerprint density at radius 2 is 2.28 bits per heavy atom. The second kappa shape index (κ2) is 6.46. The number of nitrogens with two attached hydrogens (primary N) is 1. The first kappa shape index (κ1) is 14.6. The molecule has 1 aromatic carbocycles. The normalized spacial score (nSPS) is 11.9. The Morgan fingerprint density at radius 3 is 2.83 bits per heavy atom. The number of benzene rings is 1. The highest BCUT2D eigenvalue weighted by Gasteiger charge is 2.18. The molecule has 2 N–H and O–H groups in total. The van der Waals surface area contributed by atoms with E-state index >= 15 is 0 Å². The molecule has 0 amide bonds. The van der Waals surface area contributed by atoms with Crippen molar-refractivity contribution in [2.24, 2.45) is 5.73 Å². The lowest BCUT2D eigenvalue weighted by Crippen LogP contribution is -2.17. The van der Waals surface area contributed by atoms with Crippen LogP contribution in [-0.4, -0.2) is 17.5 Å². The van der Waals surface area contributed by atoms with Crippen LogP contribution in [0, 0.1) is 10.1 Å². The summed E-state index contributed by atoms with van der Waals surface area (Å²) in [4.78, 5) is 21.5. The van der Waals surface area contributed by atoms with Crippen LogP contribution in [0.5, 0.6) is 0 Å². The molecule has 0 aromatic heterocycles. The molecule has 6 nitrogen and oxygen atoms in total. The molecule has 0 aliphatic carbocycles. The molecular formula is C11H13BrN2O4. The van der Waals surface area contributed by atoms with Gasteiger partial charge in [0.2, 0.25) is 0 Å². The maximum absolute atomic E-state index is 11.3. The van der Waals surface area contributed by atoms with E-state index in [1.807, 2.05) is 0 Å². The molecule has 98 valence electrons. The summed E-state index contributed by atoms with van der Waals surface area (Å²) in [5.74, 6) is -0.421. The standard InChI is InChI=1S/C11H13BrN2O4/c1-2-18-11(15)6-9(13)7-3-4-8(12)10(5-7)14(16)17/h3-5,9H,2,6,13H2,1H3/t9-/m1/s1. The molecule has 0 aliphatic heterocycles. The van der Waals surface area contributed by atoms with Crippen LogP contribution in [0.2, 0.25) is 0 Å². The number of hydrogen-bond donors (Lipinski definition) is 1. The second-order valence-corrected chi connectivity index (χ2v) is 4.44. The van der Waals surface area contributed by atoms with Crippen molar-refractivity contribution in [1.82, 2.24) is 0 Å². The van der Waals surface area contributed by atoms with Crippen molar-refractivity contribution in [3.05, 3.63) is 38.3 Å². The first-order valence-corrected chi connectivity index (χ1v) is 6.10. The van der Waals surface area contributed by atoms with E-state index < -0.39 is 16.9 Å². The Balaban J connectivity index is 2.86. The van der Waals surface area contributed by atoms with Gasteiger partial charge in [-0.05, 0) is 34.5 Å². The molecule has 0 saturated carbocycles.